The van der Waals surface area contributed by atoms with E-state index in [2.05, 4.69) is 23.9 Å². The van der Waals surface area contributed by atoms with Crippen LogP contribution in [-0.4, -0.2) is 71.6 Å². The Balaban J connectivity index is 1.19. The van der Waals surface area contributed by atoms with Gasteiger partial charge in [-0.15, -0.1) is 0 Å². The Hall–Kier alpha value is -3.67. The molecule has 2 aromatic rings. The monoisotopic (exact) mass is 692 g/mol. The largest absolute Gasteiger partial charge is 0.477 e. The summed E-state index contributed by atoms with van der Waals surface area (Å²) in [6.07, 6.45) is 10.5. The number of allylic oxidation sites excluding steroid dienone is 1. The lowest BCUT2D eigenvalue weighted by molar-refractivity contribution is -0.140. The van der Waals surface area contributed by atoms with Gasteiger partial charge in [0.1, 0.15) is 17.7 Å². The summed E-state index contributed by atoms with van der Waals surface area (Å²) in [5.74, 6) is -0.171. The molecule has 5 aliphatic rings. The molecule has 6 atom stereocenters. The van der Waals surface area contributed by atoms with Gasteiger partial charge in [-0.2, -0.15) is 4.98 Å². The second kappa shape index (κ2) is 12.9. The summed E-state index contributed by atoms with van der Waals surface area (Å²) in [7, 11) is -3.92. The number of aromatic nitrogens is 1. The van der Waals surface area contributed by atoms with Gasteiger partial charge in [0.15, 0.2) is 0 Å². The maximum Gasteiger partial charge on any atom is 0.259 e. The van der Waals surface area contributed by atoms with E-state index >= 15 is 0 Å². The fourth-order valence-corrected chi connectivity index (χ4v) is 9.17. The average molecular weight is 693 g/mol. The predicted molar refractivity (Wildman–Crippen MR) is 184 cm³/mol. The van der Waals surface area contributed by atoms with Crippen LogP contribution < -0.4 is 19.5 Å². The number of benzene rings is 1. The number of amides is 3. The molecule has 264 valence electrons. The highest BCUT2D eigenvalue weighted by molar-refractivity contribution is 7.91. The number of carbonyl (C=O) groups is 3. The molecule has 0 bridgehead atoms. The molecule has 3 fully saturated rings. The van der Waals surface area contributed by atoms with Crippen LogP contribution >= 0.6 is 0 Å². The number of carbonyl (C=O) groups excluding carboxylic acids is 3. The van der Waals surface area contributed by atoms with Crippen molar-refractivity contribution in [2.75, 3.05) is 13.2 Å². The Morgan fingerprint density at radius 1 is 1.18 bits per heavy atom. The lowest BCUT2D eigenvalue weighted by Gasteiger charge is -2.28. The molecule has 2 saturated carbocycles. The number of aryl methyl sites for hydroxylation is 1. The third kappa shape index (κ3) is 6.53. The maximum absolute atomic E-state index is 14.3. The van der Waals surface area contributed by atoms with Gasteiger partial charge in [0.2, 0.25) is 33.6 Å². The van der Waals surface area contributed by atoms with Crippen molar-refractivity contribution in [2.45, 2.75) is 114 Å². The van der Waals surface area contributed by atoms with E-state index in [0.717, 1.165) is 54.9 Å². The number of hydrogen-bond donors (Lipinski definition) is 2. The Morgan fingerprint density at radius 3 is 2.71 bits per heavy atom. The minimum absolute atomic E-state index is 0.125. The second-order valence-corrected chi connectivity index (χ2v) is 17.4. The first-order chi connectivity index (χ1) is 23.4. The van der Waals surface area contributed by atoms with Crippen LogP contribution in [0.15, 0.2) is 36.4 Å². The summed E-state index contributed by atoms with van der Waals surface area (Å²) in [6.45, 7) is 6.69. The summed E-state index contributed by atoms with van der Waals surface area (Å²) in [6, 6.07) is 7.01. The minimum atomic E-state index is -3.92. The second-order valence-electron chi connectivity index (χ2n) is 15.2. The quantitative estimate of drug-likeness (QED) is 0.419. The van der Waals surface area contributed by atoms with Gasteiger partial charge < -0.3 is 19.7 Å². The van der Waals surface area contributed by atoms with Crippen LogP contribution in [0.25, 0.3) is 10.8 Å². The summed E-state index contributed by atoms with van der Waals surface area (Å²) < 4.78 is 40.0. The normalized spacial score (nSPS) is 31.9. The highest BCUT2D eigenvalue weighted by Crippen LogP contribution is 2.48. The summed E-state index contributed by atoms with van der Waals surface area (Å²) in [4.78, 5) is 48.4. The van der Waals surface area contributed by atoms with E-state index in [1.54, 1.807) is 11.8 Å². The summed E-state index contributed by atoms with van der Waals surface area (Å²) in [5.41, 5.74) is -0.359. The molecule has 1 unspecified atom stereocenters. The molecule has 3 aliphatic heterocycles. The van der Waals surface area contributed by atoms with Crippen LogP contribution in [0, 0.1) is 17.8 Å². The lowest BCUT2D eigenvalue weighted by atomic mass is 9.88. The molecule has 1 aromatic heterocycles. The Bertz CT molecular complexity index is 1790. The molecule has 12 heteroatoms. The van der Waals surface area contributed by atoms with Gasteiger partial charge in [-0.1, -0.05) is 50.6 Å². The van der Waals surface area contributed by atoms with Crippen molar-refractivity contribution in [1.29, 1.82) is 0 Å². The average Bonchev–Trinajstić information content (AvgIpc) is 3.96. The summed E-state index contributed by atoms with van der Waals surface area (Å²) in [5, 5.41) is 4.82. The van der Waals surface area contributed by atoms with Crippen molar-refractivity contribution < 1.29 is 32.3 Å². The van der Waals surface area contributed by atoms with E-state index in [4.69, 9.17) is 14.5 Å². The van der Waals surface area contributed by atoms with Gasteiger partial charge in [0.05, 0.1) is 17.9 Å². The van der Waals surface area contributed by atoms with Crippen LogP contribution in [-0.2, 0) is 30.8 Å². The van der Waals surface area contributed by atoms with Crippen molar-refractivity contribution >= 4 is 38.5 Å². The highest BCUT2D eigenvalue weighted by Gasteiger charge is 2.63. The Kier molecular flexibility index (Phi) is 8.90. The Morgan fingerprint density at radius 2 is 1.96 bits per heavy atom. The van der Waals surface area contributed by atoms with E-state index in [1.165, 1.54) is 0 Å². The zero-order valence-corrected chi connectivity index (χ0v) is 29.5. The lowest BCUT2D eigenvalue weighted by Crippen LogP contribution is -2.57. The highest BCUT2D eigenvalue weighted by atomic mass is 32.2. The van der Waals surface area contributed by atoms with Crippen molar-refractivity contribution in [3.8, 4) is 11.8 Å². The van der Waals surface area contributed by atoms with Crippen molar-refractivity contribution in [2.24, 2.45) is 17.8 Å². The van der Waals surface area contributed by atoms with Crippen molar-refractivity contribution in [1.82, 2.24) is 19.9 Å². The molecule has 7 rings (SSSR count). The molecular weight excluding hydrogens is 644 g/mol. The molecule has 0 radical (unpaired) electrons. The van der Waals surface area contributed by atoms with E-state index in [-0.39, 0.29) is 37.1 Å². The van der Waals surface area contributed by atoms with Crippen LogP contribution in [0.4, 0.5) is 0 Å². The molecule has 11 nitrogen and oxygen atoms in total. The zero-order valence-electron chi connectivity index (χ0n) is 28.7. The van der Waals surface area contributed by atoms with Gasteiger partial charge in [0, 0.05) is 29.7 Å². The fraction of sp³-hybridized carbons (Fsp3) is 0.622. The standard InChI is InChI=1S/C37H48N4O7S/c1-4-24-18-23(2)10-5-6-11-25-21-37(25,35(44)40-49(45,46)36(3)15-16-36)39-32(43)30-20-26(22-41(30)31(42)19-24)48-34-29-13-8-7-12-27(29)28-14-9-17-47-33(28)38-34/h6-8,11-13,23-26,30H,4-5,9-10,14-22H2,1-3H3,(H,39,43)(H,40,44)/b11-6-/t23-,24+,25?,26+,30-,37+/m0/s1. The van der Waals surface area contributed by atoms with Gasteiger partial charge in [-0.05, 0) is 81.6 Å². The fourth-order valence-electron chi connectivity index (χ4n) is 7.85. The molecule has 49 heavy (non-hydrogen) atoms. The maximum atomic E-state index is 14.3. The van der Waals surface area contributed by atoms with E-state index in [1.807, 2.05) is 36.4 Å². The topological polar surface area (TPSA) is 144 Å². The smallest absolute Gasteiger partial charge is 0.259 e. The third-order valence-corrected chi connectivity index (χ3v) is 13.6. The van der Waals surface area contributed by atoms with Crippen molar-refractivity contribution in [3.05, 3.63) is 42.0 Å². The van der Waals surface area contributed by atoms with E-state index in [9.17, 15) is 22.8 Å². The number of pyridine rings is 1. The molecule has 0 spiro atoms. The molecule has 3 amide bonds. The van der Waals surface area contributed by atoms with E-state index in [0.29, 0.717) is 43.5 Å². The van der Waals surface area contributed by atoms with Crippen LogP contribution in [0.1, 0.15) is 90.5 Å². The number of hydrogen-bond acceptors (Lipinski definition) is 8. The SMILES string of the molecule is CC[C@H]1CC(=O)N2C[C@H](Oc3nc4c(c5ccccc35)CCCO4)C[C@H]2C(=O)N[C@]2(C(=O)NS(=O)(=O)C3(C)CC3)CC2/C=C\CC[C@H](C)C1. The van der Waals surface area contributed by atoms with Crippen LogP contribution in [0.5, 0.6) is 11.8 Å². The van der Waals surface area contributed by atoms with Gasteiger partial charge >= 0.3 is 0 Å². The predicted octanol–water partition coefficient (Wildman–Crippen LogP) is 4.57. The van der Waals surface area contributed by atoms with Crippen molar-refractivity contribution in [3.63, 3.8) is 0 Å². The van der Waals surface area contributed by atoms with Gasteiger partial charge in [-0.25, -0.2) is 8.42 Å². The molecule has 1 aromatic carbocycles. The third-order valence-electron chi connectivity index (χ3n) is 11.5. The van der Waals surface area contributed by atoms with Gasteiger partial charge in [-0.3, -0.25) is 19.1 Å². The zero-order chi connectivity index (χ0) is 34.6. The molecule has 4 heterocycles. The van der Waals surface area contributed by atoms with E-state index < -0.39 is 44.3 Å². The number of fused-ring (bicyclic) bond motifs is 5. The minimum Gasteiger partial charge on any atom is -0.477 e. The number of sulfonamides is 1. The summed E-state index contributed by atoms with van der Waals surface area (Å²) >= 11 is 0. The first kappa shape index (κ1) is 33.8. The first-order valence-electron chi connectivity index (χ1n) is 18.0. The first-order valence-corrected chi connectivity index (χ1v) is 19.5. The Labute approximate surface area is 288 Å². The molecule has 1 saturated heterocycles. The number of nitrogens with one attached hydrogen (secondary N) is 2. The van der Waals surface area contributed by atoms with Crippen LogP contribution in [0.2, 0.25) is 0 Å². The number of rotatable bonds is 6. The molecular formula is C37H48N4O7S. The molecule has 2 aliphatic carbocycles. The number of nitrogens with zero attached hydrogens (tertiary/aromatic N) is 2. The number of ether oxygens (including phenoxy) is 2. The molecule has 2 N–H and O–H groups in total. The van der Waals surface area contributed by atoms with Gasteiger partial charge in [0.25, 0.3) is 5.91 Å². The van der Waals surface area contributed by atoms with Crippen LogP contribution in [0.3, 0.4) is 0 Å².